The first-order valence-electron chi connectivity index (χ1n) is 8.43. The van der Waals surface area contributed by atoms with E-state index in [0.29, 0.717) is 5.92 Å². The summed E-state index contributed by atoms with van der Waals surface area (Å²) in [6.45, 7) is 4.25. The van der Waals surface area contributed by atoms with Crippen LogP contribution < -0.4 is 0 Å². The maximum absolute atomic E-state index is 11.3. The van der Waals surface area contributed by atoms with E-state index < -0.39 is 5.97 Å². The Morgan fingerprint density at radius 1 is 1.17 bits per heavy atom. The molecular weight excluding hydrogens is 308 g/mol. The second kappa shape index (κ2) is 11.3. The summed E-state index contributed by atoms with van der Waals surface area (Å²) in [6.07, 6.45) is 6.11. The molecule has 0 bridgehead atoms. The summed E-state index contributed by atoms with van der Waals surface area (Å²) in [5, 5.41) is 8.89. The van der Waals surface area contributed by atoms with Crippen LogP contribution in [0.1, 0.15) is 52.4 Å². The first-order valence-corrected chi connectivity index (χ1v) is 9.31. The van der Waals surface area contributed by atoms with Gasteiger partial charge in [-0.25, -0.2) is 0 Å². The third-order valence-electron chi connectivity index (χ3n) is 4.23. The lowest BCUT2D eigenvalue weighted by atomic mass is 9.90. The third kappa shape index (κ3) is 8.80. The van der Waals surface area contributed by atoms with Crippen LogP contribution in [0.3, 0.4) is 0 Å². The average molecular weight is 336 g/mol. The highest BCUT2D eigenvalue weighted by Crippen LogP contribution is 2.28. The Labute approximate surface area is 143 Å². The lowest BCUT2D eigenvalue weighted by molar-refractivity contribution is -0.138. The SMILES string of the molecule is CCC(CCC(C)CCC(C=O)Sc1ccccc1)CC(=O)O. The number of hydrogen-bond donors (Lipinski definition) is 1. The molecule has 1 aromatic rings. The first kappa shape index (κ1) is 19.8. The molecule has 0 spiro atoms. The van der Waals surface area contributed by atoms with Crippen molar-refractivity contribution in [3.8, 4) is 0 Å². The summed E-state index contributed by atoms with van der Waals surface area (Å²) in [7, 11) is 0. The molecule has 0 amide bonds. The second-order valence-electron chi connectivity index (χ2n) is 6.24. The molecule has 0 aromatic heterocycles. The van der Waals surface area contributed by atoms with Crippen LogP contribution in [-0.4, -0.2) is 22.6 Å². The molecule has 0 saturated heterocycles. The number of carbonyl (C=O) groups excluding carboxylic acids is 1. The molecule has 0 aliphatic rings. The fourth-order valence-corrected chi connectivity index (χ4v) is 3.61. The molecule has 0 saturated carbocycles. The van der Waals surface area contributed by atoms with Crippen LogP contribution in [0.2, 0.25) is 0 Å². The Balaban J connectivity index is 2.31. The summed E-state index contributed by atoms with van der Waals surface area (Å²) >= 11 is 1.62. The van der Waals surface area contributed by atoms with Gasteiger partial charge in [0.25, 0.3) is 0 Å². The quantitative estimate of drug-likeness (QED) is 0.429. The predicted octanol–water partition coefficient (Wildman–Crippen LogP) is 5.04. The summed E-state index contributed by atoms with van der Waals surface area (Å²) < 4.78 is 0. The van der Waals surface area contributed by atoms with Crippen LogP contribution in [-0.2, 0) is 9.59 Å². The van der Waals surface area contributed by atoms with Crippen molar-refractivity contribution in [2.24, 2.45) is 11.8 Å². The molecule has 0 fully saturated rings. The monoisotopic (exact) mass is 336 g/mol. The minimum Gasteiger partial charge on any atom is -0.481 e. The topological polar surface area (TPSA) is 54.4 Å². The largest absolute Gasteiger partial charge is 0.481 e. The lowest BCUT2D eigenvalue weighted by Crippen LogP contribution is -2.10. The van der Waals surface area contributed by atoms with Gasteiger partial charge in [-0.15, -0.1) is 11.8 Å². The van der Waals surface area contributed by atoms with Crippen LogP contribution in [0.25, 0.3) is 0 Å². The smallest absolute Gasteiger partial charge is 0.303 e. The number of carboxylic acids is 1. The molecule has 0 aliphatic carbocycles. The number of benzene rings is 1. The molecule has 0 radical (unpaired) electrons. The van der Waals surface area contributed by atoms with E-state index in [0.717, 1.165) is 43.3 Å². The van der Waals surface area contributed by atoms with E-state index in [1.807, 2.05) is 30.3 Å². The zero-order valence-electron chi connectivity index (χ0n) is 14.1. The first-order chi connectivity index (χ1) is 11.0. The fourth-order valence-electron chi connectivity index (χ4n) is 2.64. The highest BCUT2D eigenvalue weighted by molar-refractivity contribution is 8.00. The fraction of sp³-hybridized carbons (Fsp3) is 0.579. The van der Waals surface area contributed by atoms with Gasteiger partial charge in [-0.1, -0.05) is 44.9 Å². The van der Waals surface area contributed by atoms with Crippen molar-refractivity contribution in [3.05, 3.63) is 30.3 Å². The second-order valence-corrected chi connectivity index (χ2v) is 7.55. The predicted molar refractivity (Wildman–Crippen MR) is 95.8 cm³/mol. The van der Waals surface area contributed by atoms with E-state index in [-0.39, 0.29) is 17.6 Å². The number of aliphatic carboxylic acids is 1. The van der Waals surface area contributed by atoms with Crippen LogP contribution >= 0.6 is 11.8 Å². The van der Waals surface area contributed by atoms with Gasteiger partial charge in [-0.2, -0.15) is 0 Å². The average Bonchev–Trinajstić information content (AvgIpc) is 2.55. The van der Waals surface area contributed by atoms with Crippen molar-refractivity contribution in [3.63, 3.8) is 0 Å². The summed E-state index contributed by atoms with van der Waals surface area (Å²) in [5.74, 6) is 0.0944. The molecular formula is C19H28O3S. The maximum atomic E-state index is 11.3. The van der Waals surface area contributed by atoms with E-state index >= 15 is 0 Å². The molecule has 3 nitrogen and oxygen atoms in total. The van der Waals surface area contributed by atoms with Gasteiger partial charge in [0, 0.05) is 11.3 Å². The molecule has 128 valence electrons. The van der Waals surface area contributed by atoms with E-state index in [1.165, 1.54) is 0 Å². The Bertz CT molecular complexity index is 461. The summed E-state index contributed by atoms with van der Waals surface area (Å²) in [4.78, 5) is 23.2. The van der Waals surface area contributed by atoms with Gasteiger partial charge < -0.3 is 9.90 Å². The molecule has 1 rings (SSSR count). The van der Waals surface area contributed by atoms with Crippen LogP contribution in [0.5, 0.6) is 0 Å². The number of thioether (sulfide) groups is 1. The number of aldehydes is 1. The molecule has 0 aliphatic heterocycles. The summed E-state index contributed by atoms with van der Waals surface area (Å²) in [5.41, 5.74) is 0. The van der Waals surface area contributed by atoms with E-state index in [2.05, 4.69) is 13.8 Å². The third-order valence-corrected chi connectivity index (χ3v) is 5.43. The Hall–Kier alpha value is -1.29. The normalized spacial score (nSPS) is 14.9. The van der Waals surface area contributed by atoms with E-state index in [9.17, 15) is 9.59 Å². The van der Waals surface area contributed by atoms with Gasteiger partial charge in [0.05, 0.1) is 5.25 Å². The van der Waals surface area contributed by atoms with E-state index in [1.54, 1.807) is 11.8 Å². The highest BCUT2D eigenvalue weighted by atomic mass is 32.2. The van der Waals surface area contributed by atoms with Crippen LogP contribution in [0.4, 0.5) is 0 Å². The van der Waals surface area contributed by atoms with Crippen molar-refractivity contribution >= 4 is 24.0 Å². The maximum Gasteiger partial charge on any atom is 0.303 e. The van der Waals surface area contributed by atoms with Gasteiger partial charge >= 0.3 is 5.97 Å². The lowest BCUT2D eigenvalue weighted by Gasteiger charge is -2.17. The van der Waals surface area contributed by atoms with Crippen molar-refractivity contribution in [2.45, 2.75) is 62.5 Å². The van der Waals surface area contributed by atoms with E-state index in [4.69, 9.17) is 5.11 Å². The minimum absolute atomic E-state index is 0.000779. The minimum atomic E-state index is -0.704. The Morgan fingerprint density at radius 2 is 1.83 bits per heavy atom. The zero-order valence-corrected chi connectivity index (χ0v) is 14.9. The number of hydrogen-bond acceptors (Lipinski definition) is 3. The molecule has 23 heavy (non-hydrogen) atoms. The molecule has 1 N–H and O–H groups in total. The van der Waals surface area contributed by atoms with Crippen LogP contribution in [0.15, 0.2) is 35.2 Å². The van der Waals surface area contributed by atoms with Gasteiger partial charge in [-0.3, -0.25) is 4.79 Å². The molecule has 3 atom stereocenters. The highest BCUT2D eigenvalue weighted by Gasteiger charge is 2.15. The molecule has 1 aromatic carbocycles. The molecule has 0 heterocycles. The number of rotatable bonds is 12. The molecule has 4 heteroatoms. The Morgan fingerprint density at radius 3 is 2.39 bits per heavy atom. The summed E-state index contributed by atoms with van der Waals surface area (Å²) in [6, 6.07) is 10.0. The number of carbonyl (C=O) groups is 2. The van der Waals surface area contributed by atoms with Crippen molar-refractivity contribution in [1.82, 2.24) is 0 Å². The van der Waals surface area contributed by atoms with Crippen LogP contribution in [0, 0.1) is 11.8 Å². The van der Waals surface area contributed by atoms with Gasteiger partial charge in [0.2, 0.25) is 0 Å². The van der Waals surface area contributed by atoms with Gasteiger partial charge in [0.1, 0.15) is 6.29 Å². The zero-order chi connectivity index (χ0) is 17.1. The van der Waals surface area contributed by atoms with Crippen molar-refractivity contribution in [2.75, 3.05) is 0 Å². The van der Waals surface area contributed by atoms with Gasteiger partial charge in [0.15, 0.2) is 0 Å². The van der Waals surface area contributed by atoms with Crippen molar-refractivity contribution in [1.29, 1.82) is 0 Å². The van der Waals surface area contributed by atoms with Crippen molar-refractivity contribution < 1.29 is 14.7 Å². The molecule has 3 unspecified atom stereocenters. The van der Waals surface area contributed by atoms with Gasteiger partial charge in [-0.05, 0) is 43.2 Å². The number of carboxylic acid groups (broad SMARTS) is 1. The standard InChI is InChI=1S/C19H28O3S/c1-3-16(13-19(21)22)11-9-15(2)10-12-18(14-20)23-17-7-5-4-6-8-17/h4-8,14-16,18H,3,9-13H2,1-2H3,(H,21,22). The Kier molecular flexibility index (Phi) is 9.69.